The summed E-state index contributed by atoms with van der Waals surface area (Å²) in [4.78, 5) is 55.6. The number of rotatable bonds is 10. The summed E-state index contributed by atoms with van der Waals surface area (Å²) in [5, 5.41) is -4.98. The Kier molecular flexibility index (Phi) is 17.4. The van der Waals surface area contributed by atoms with Gasteiger partial charge in [-0.1, -0.05) is 0 Å². The second-order valence-electron chi connectivity index (χ2n) is 10.3. The van der Waals surface area contributed by atoms with Crippen LogP contribution in [0.3, 0.4) is 0 Å². The van der Waals surface area contributed by atoms with Gasteiger partial charge in [0.05, 0.1) is 43.7 Å². The van der Waals surface area contributed by atoms with Gasteiger partial charge in [0, 0.05) is 10.7 Å². The van der Waals surface area contributed by atoms with Crippen LogP contribution in [0.1, 0.15) is 48.4 Å². The molecule has 1 N–H and O–H groups in total. The van der Waals surface area contributed by atoms with Gasteiger partial charge in [0.25, 0.3) is 0 Å². The number of carbonyl (C=O) groups is 4. The van der Waals surface area contributed by atoms with Gasteiger partial charge < -0.3 is 18.9 Å². The zero-order valence-corrected chi connectivity index (χ0v) is 46.0. The van der Waals surface area contributed by atoms with Crippen molar-refractivity contribution in [2.75, 3.05) is 0 Å². The molecule has 23 heteroatoms. The summed E-state index contributed by atoms with van der Waals surface area (Å²) in [5.41, 5.74) is -2.88. The standard InChI is InChI=1S/C31H13F2I9O11S/c1-10(31(32,33)54(47,48)49)50-27(43)14-8-16(29(45)52-25-20(39)4-12(35)5-21(25)40)17(30(46)53-26-22(41)6-13(36)7-23(26)42)9-15(14)28(44)51-24-18(37)2-11(34)3-19(24)38/h2-10H,1H3,(H,47,48,49). The summed E-state index contributed by atoms with van der Waals surface area (Å²) >= 11 is 17.7. The van der Waals surface area contributed by atoms with E-state index in [0.29, 0.717) is 34.4 Å². The Labute approximate surface area is 428 Å². The van der Waals surface area contributed by atoms with E-state index in [0.717, 1.165) is 16.8 Å². The first-order valence-electron chi connectivity index (χ1n) is 13.8. The molecule has 0 fully saturated rings. The minimum Gasteiger partial charge on any atom is -0.451 e. The van der Waals surface area contributed by atoms with Gasteiger partial charge in [-0.05, 0) is 259 Å². The first-order valence-corrected chi connectivity index (χ1v) is 24.9. The third kappa shape index (κ3) is 11.5. The van der Waals surface area contributed by atoms with Gasteiger partial charge in [0.1, 0.15) is 0 Å². The van der Waals surface area contributed by atoms with Crippen LogP contribution < -0.4 is 14.2 Å². The van der Waals surface area contributed by atoms with Crippen LogP contribution in [0.5, 0.6) is 17.2 Å². The molecule has 1 unspecified atom stereocenters. The molecule has 0 saturated carbocycles. The van der Waals surface area contributed by atoms with Crippen molar-refractivity contribution in [3.63, 3.8) is 0 Å². The molecule has 0 aliphatic rings. The Morgan fingerprint density at radius 3 is 1.02 bits per heavy atom. The molecule has 11 nitrogen and oxygen atoms in total. The molecule has 0 spiro atoms. The minimum atomic E-state index is -6.08. The average Bonchev–Trinajstić information content (AvgIpc) is 3.04. The van der Waals surface area contributed by atoms with Crippen molar-refractivity contribution < 1.29 is 59.9 Å². The quantitative estimate of drug-likeness (QED) is 0.0697. The minimum absolute atomic E-state index is 0.0469. The first kappa shape index (κ1) is 47.8. The van der Waals surface area contributed by atoms with E-state index >= 15 is 0 Å². The average molecular weight is 1770 g/mol. The van der Waals surface area contributed by atoms with Gasteiger partial charge in [-0.15, -0.1) is 0 Å². The fourth-order valence-electron chi connectivity index (χ4n) is 4.10. The van der Waals surface area contributed by atoms with Crippen LogP contribution in [0, 0.1) is 32.1 Å². The highest BCUT2D eigenvalue weighted by atomic mass is 127. The monoisotopic (exact) mass is 1770 g/mol. The number of benzene rings is 4. The van der Waals surface area contributed by atoms with E-state index in [1.165, 1.54) is 0 Å². The molecule has 4 aromatic carbocycles. The van der Waals surface area contributed by atoms with Crippen LogP contribution in [-0.2, 0) is 14.9 Å². The van der Waals surface area contributed by atoms with Gasteiger partial charge in [-0.2, -0.15) is 17.2 Å². The maximum Gasteiger partial charge on any atom is 0.405 e. The lowest BCUT2D eigenvalue weighted by molar-refractivity contribution is -0.0550. The lowest BCUT2D eigenvalue weighted by Gasteiger charge is -2.22. The van der Waals surface area contributed by atoms with E-state index in [9.17, 15) is 36.4 Å². The van der Waals surface area contributed by atoms with Gasteiger partial charge in [-0.25, -0.2) is 19.2 Å². The molecule has 4 rings (SSSR count). The topological polar surface area (TPSA) is 160 Å². The number of ether oxygens (including phenoxy) is 4. The molecular weight excluding hydrogens is 1760 g/mol. The van der Waals surface area contributed by atoms with E-state index in [4.69, 9.17) is 23.5 Å². The maximum absolute atomic E-state index is 14.5. The lowest BCUT2D eigenvalue weighted by atomic mass is 9.97. The molecule has 54 heavy (non-hydrogen) atoms. The van der Waals surface area contributed by atoms with Crippen molar-refractivity contribution >= 4 is 237 Å². The summed E-state index contributed by atoms with van der Waals surface area (Å²) in [6, 6.07) is 11.7. The molecule has 1 atom stereocenters. The van der Waals surface area contributed by atoms with Crippen LogP contribution in [-0.4, -0.2) is 48.2 Å². The summed E-state index contributed by atoms with van der Waals surface area (Å²) < 4.78 is 88.3. The van der Waals surface area contributed by atoms with E-state index in [2.05, 4.69) is 45.2 Å². The fraction of sp³-hybridized carbons (Fsp3) is 0.0968. The van der Waals surface area contributed by atoms with Crippen LogP contribution in [0.2, 0.25) is 0 Å². The molecule has 0 radical (unpaired) electrons. The van der Waals surface area contributed by atoms with E-state index < -0.39 is 67.6 Å². The first-order chi connectivity index (χ1) is 24.9. The predicted molar refractivity (Wildman–Crippen MR) is 266 cm³/mol. The molecule has 0 amide bonds. The number of halogens is 11. The number of alkyl halides is 2. The Bertz CT molecular complexity index is 2290. The third-order valence-corrected chi connectivity index (χ3v) is 14.3. The van der Waals surface area contributed by atoms with E-state index in [1.807, 2.05) is 158 Å². The molecule has 4 aromatic rings. The Balaban J connectivity index is 1.98. The fourth-order valence-corrected chi connectivity index (χ4v) is 16.0. The van der Waals surface area contributed by atoms with Crippen LogP contribution >= 0.6 is 203 Å². The van der Waals surface area contributed by atoms with Crippen molar-refractivity contribution in [2.24, 2.45) is 0 Å². The Hall–Kier alpha value is 1.10. The number of hydrogen-bond donors (Lipinski definition) is 1. The van der Waals surface area contributed by atoms with Gasteiger partial charge >= 0.3 is 39.2 Å². The van der Waals surface area contributed by atoms with E-state index in [-0.39, 0.29) is 17.2 Å². The molecule has 0 heterocycles. The zero-order chi connectivity index (χ0) is 40.6. The van der Waals surface area contributed by atoms with Gasteiger partial charge in [0.15, 0.2) is 23.4 Å². The Morgan fingerprint density at radius 2 is 0.778 bits per heavy atom. The third-order valence-electron chi connectivity index (χ3n) is 6.61. The lowest BCUT2D eigenvalue weighted by Crippen LogP contribution is -2.42. The van der Waals surface area contributed by atoms with Crippen LogP contribution in [0.4, 0.5) is 8.78 Å². The highest BCUT2D eigenvalue weighted by Crippen LogP contribution is 2.35. The van der Waals surface area contributed by atoms with Crippen LogP contribution in [0.25, 0.3) is 0 Å². The number of carbonyl (C=O) groups excluding carboxylic acids is 4. The molecule has 286 valence electrons. The maximum atomic E-state index is 14.5. The second-order valence-corrected chi connectivity index (χ2v) is 22.5. The number of esters is 4. The van der Waals surface area contributed by atoms with Crippen molar-refractivity contribution in [2.45, 2.75) is 18.3 Å². The molecular formula is C31H13F2I9O11S. The summed E-state index contributed by atoms with van der Waals surface area (Å²) in [6.45, 7) is 0.492. The molecule has 0 aliphatic heterocycles. The smallest absolute Gasteiger partial charge is 0.405 e. The molecule has 0 aromatic heterocycles. The van der Waals surface area contributed by atoms with Crippen molar-refractivity contribution in [1.82, 2.24) is 0 Å². The van der Waals surface area contributed by atoms with Crippen LogP contribution in [0.15, 0.2) is 48.5 Å². The predicted octanol–water partition coefficient (Wildman–Crippen LogP) is 10.8. The largest absolute Gasteiger partial charge is 0.451 e. The molecule has 0 bridgehead atoms. The molecule has 0 aliphatic carbocycles. The summed E-state index contributed by atoms with van der Waals surface area (Å²) in [6.07, 6.45) is -2.80. The number of hydrogen-bond acceptors (Lipinski definition) is 10. The SMILES string of the molecule is CC(OC(=O)c1cc(C(=O)Oc2c(I)cc(I)cc2I)c(C(=O)Oc2c(I)cc(I)cc2I)cc1C(=O)Oc1c(I)cc(I)cc1I)C(F)(F)S(=O)(=O)O. The van der Waals surface area contributed by atoms with Gasteiger partial charge in [-0.3, -0.25) is 4.55 Å². The Morgan fingerprint density at radius 1 is 0.537 bits per heavy atom. The van der Waals surface area contributed by atoms with Crippen molar-refractivity contribution in [1.29, 1.82) is 0 Å². The zero-order valence-electron chi connectivity index (χ0n) is 25.8. The van der Waals surface area contributed by atoms with Gasteiger partial charge in [0.2, 0.25) is 0 Å². The normalized spacial score (nSPS) is 12.2. The highest BCUT2D eigenvalue weighted by molar-refractivity contribution is 14.1. The summed E-state index contributed by atoms with van der Waals surface area (Å²) in [5.74, 6) is -5.19. The second kappa shape index (κ2) is 19.7. The van der Waals surface area contributed by atoms with Crippen molar-refractivity contribution in [3.05, 3.63) is 103 Å². The highest BCUT2D eigenvalue weighted by Gasteiger charge is 2.52. The van der Waals surface area contributed by atoms with E-state index in [1.54, 1.807) is 36.4 Å². The molecule has 0 saturated heterocycles. The summed E-state index contributed by atoms with van der Waals surface area (Å²) in [7, 11) is -6.08. The van der Waals surface area contributed by atoms with Crippen molar-refractivity contribution in [3.8, 4) is 17.2 Å².